The van der Waals surface area contributed by atoms with Crippen LogP contribution in [0, 0.1) is 25.3 Å². The summed E-state index contributed by atoms with van der Waals surface area (Å²) < 4.78 is 1.42. The van der Waals surface area contributed by atoms with E-state index in [9.17, 15) is 0 Å². The Morgan fingerprint density at radius 1 is 0.508 bits per heavy atom. The van der Waals surface area contributed by atoms with Gasteiger partial charge < -0.3 is 24.8 Å². The Kier molecular flexibility index (Phi) is 16.7. The Hall–Kier alpha value is -4.00. The smallest absolute Gasteiger partial charge is 1.00 e. The van der Waals surface area contributed by atoms with Gasteiger partial charge in [-0.05, 0) is 49.6 Å². The van der Waals surface area contributed by atoms with Crippen LogP contribution in [0.5, 0.6) is 0 Å². The third kappa shape index (κ3) is 12.1. The van der Waals surface area contributed by atoms with Gasteiger partial charge in [-0.1, -0.05) is 135 Å². The SMILES string of the molecule is CC(C)(C)c1cc2c(cc1-c1ccccc1)[cH-]c1cc(-c3ccccc3)c(C(C)(C)C)cc12.CC1=CC[C-]=C1C(C)(C)C.Cc1ccc([C](=[Zr+2])c2ccc(C)cc2)cc1.[Cl-].[Cl-]. The van der Waals surface area contributed by atoms with Gasteiger partial charge in [0.25, 0.3) is 0 Å². The molecule has 0 N–H and O–H groups in total. The number of allylic oxidation sites excluding steroid dienone is 4. The van der Waals surface area contributed by atoms with Crippen molar-refractivity contribution < 1.29 is 49.0 Å². The summed E-state index contributed by atoms with van der Waals surface area (Å²) >= 11 is 1.46. The normalized spacial score (nSPS) is 12.6. The molecule has 0 unspecified atom stereocenters. The summed E-state index contributed by atoms with van der Waals surface area (Å²) in [6, 6.07) is 51.3. The van der Waals surface area contributed by atoms with Crippen molar-refractivity contribution >= 4 is 24.8 Å². The third-order valence-electron chi connectivity index (χ3n) is 11.3. The van der Waals surface area contributed by atoms with Crippen LogP contribution < -0.4 is 24.8 Å². The van der Waals surface area contributed by atoms with Crippen LogP contribution in [0.2, 0.25) is 0 Å². The Labute approximate surface area is 395 Å². The average molecular weight is 921 g/mol. The molecule has 1 aliphatic carbocycles. The Balaban J connectivity index is 0.000000243. The van der Waals surface area contributed by atoms with E-state index in [1.54, 1.807) is 0 Å². The molecule has 0 saturated heterocycles. The van der Waals surface area contributed by atoms with Gasteiger partial charge in [-0.3, -0.25) is 6.08 Å². The Morgan fingerprint density at radius 2 is 0.885 bits per heavy atom. The second kappa shape index (κ2) is 20.5. The molecule has 1 aliphatic rings. The van der Waals surface area contributed by atoms with E-state index >= 15 is 0 Å². The van der Waals surface area contributed by atoms with Gasteiger partial charge in [0.05, 0.1) is 0 Å². The molecule has 314 valence electrons. The molecule has 7 aromatic carbocycles. The van der Waals surface area contributed by atoms with Gasteiger partial charge in [-0.15, -0.1) is 53.1 Å². The van der Waals surface area contributed by atoms with Gasteiger partial charge >= 0.3 is 112 Å². The largest absolute Gasteiger partial charge is 1.00 e. The summed E-state index contributed by atoms with van der Waals surface area (Å²) in [5.41, 5.74) is 16.6. The molecule has 61 heavy (non-hydrogen) atoms. The van der Waals surface area contributed by atoms with E-state index in [-0.39, 0.29) is 41.1 Å². The molecular weight excluding hydrogens is 859 g/mol. The molecule has 3 heteroatoms. The van der Waals surface area contributed by atoms with Crippen molar-refractivity contribution in [1.82, 2.24) is 0 Å². The molecular formula is C58H62Cl2Zr-2. The molecule has 0 aliphatic heterocycles. The Morgan fingerprint density at radius 3 is 1.18 bits per heavy atom. The molecule has 0 aromatic heterocycles. The van der Waals surface area contributed by atoms with Crippen LogP contribution >= 0.6 is 0 Å². The number of fused-ring (bicyclic) bond motifs is 3. The first-order valence-corrected chi connectivity index (χ1v) is 22.4. The molecule has 8 rings (SSSR count). The molecule has 0 amide bonds. The molecule has 0 spiro atoms. The van der Waals surface area contributed by atoms with E-state index in [1.165, 1.54) is 116 Å². The zero-order chi connectivity index (χ0) is 42.7. The van der Waals surface area contributed by atoms with Gasteiger partial charge in [0.15, 0.2) is 0 Å². The van der Waals surface area contributed by atoms with Gasteiger partial charge in [-0.2, -0.15) is 6.08 Å². The predicted molar refractivity (Wildman–Crippen MR) is 255 cm³/mol. The third-order valence-corrected chi connectivity index (χ3v) is 12.7. The van der Waals surface area contributed by atoms with E-state index in [4.69, 9.17) is 0 Å². The Bertz CT molecular complexity index is 2460. The van der Waals surface area contributed by atoms with Crippen molar-refractivity contribution in [3.8, 4) is 22.3 Å². The van der Waals surface area contributed by atoms with E-state index in [2.05, 4.69) is 235 Å². The van der Waals surface area contributed by atoms with Crippen molar-refractivity contribution in [3.05, 3.63) is 196 Å². The summed E-state index contributed by atoms with van der Waals surface area (Å²) in [4.78, 5) is 0. The standard InChI is InChI=1S/C33H33.C15H14.C10H15.2ClH.Zr/c1-32(2,3)30-20-26-24(18-28(30)22-13-9-7-10-14-22)17-25-19-29(23-15-11-8-12-16-23)31(21-27(25)26)33(4,5)6;1-12-3-7-14(8-4-12)11-15-9-5-13(2)6-10-15;1-8-6-5-7-9(8)10(2,3)4;;;/h7-21H,1-6H3;3-10H,1-2H3;6H,5H2,1-4H3;2*1H;/q-1;;-1;;;+2/p-2. The van der Waals surface area contributed by atoms with Gasteiger partial charge in [0, 0.05) is 0 Å². The maximum Gasteiger partial charge on any atom is -1.00 e. The van der Waals surface area contributed by atoms with Crippen molar-refractivity contribution in [3.63, 3.8) is 0 Å². The number of halogens is 2. The summed E-state index contributed by atoms with van der Waals surface area (Å²) in [5, 5.41) is 5.36. The molecule has 0 heterocycles. The fourth-order valence-corrected chi connectivity index (χ4v) is 8.89. The van der Waals surface area contributed by atoms with E-state index in [1.807, 2.05) is 0 Å². The van der Waals surface area contributed by atoms with Crippen molar-refractivity contribution in [2.75, 3.05) is 0 Å². The minimum absolute atomic E-state index is 0. The minimum atomic E-state index is 0. The zero-order valence-electron chi connectivity index (χ0n) is 38.3. The van der Waals surface area contributed by atoms with Crippen LogP contribution in [0.15, 0.2) is 157 Å². The van der Waals surface area contributed by atoms with Gasteiger partial charge in [0.1, 0.15) is 0 Å². The molecule has 0 bridgehead atoms. The monoisotopic (exact) mass is 918 g/mol. The van der Waals surface area contributed by atoms with E-state index in [0.29, 0.717) is 0 Å². The van der Waals surface area contributed by atoms with Crippen LogP contribution in [-0.2, 0) is 35.1 Å². The fraction of sp³-hybridized carbons (Fsp3) is 0.276. The second-order valence-electron chi connectivity index (χ2n) is 19.3. The number of benzene rings is 6. The first-order chi connectivity index (χ1) is 27.8. The minimum Gasteiger partial charge on any atom is -1.00 e. The quantitative estimate of drug-likeness (QED) is 0.154. The van der Waals surface area contributed by atoms with Crippen LogP contribution in [0.1, 0.15) is 109 Å². The van der Waals surface area contributed by atoms with Gasteiger partial charge in [0.2, 0.25) is 0 Å². The maximum atomic E-state index is 3.37. The summed E-state index contributed by atoms with van der Waals surface area (Å²) in [7, 11) is 0. The number of aryl methyl sites for hydroxylation is 2. The van der Waals surface area contributed by atoms with Crippen LogP contribution in [0.3, 0.4) is 0 Å². The molecule has 0 radical (unpaired) electrons. The molecule has 0 saturated carbocycles. The fourth-order valence-electron chi connectivity index (χ4n) is 8.07. The number of hydrogen-bond donors (Lipinski definition) is 0. The summed E-state index contributed by atoms with van der Waals surface area (Å²) in [5.74, 6) is 0. The summed E-state index contributed by atoms with van der Waals surface area (Å²) in [6.45, 7) is 27.0. The maximum absolute atomic E-state index is 3.37. The van der Waals surface area contributed by atoms with Crippen LogP contribution in [0.4, 0.5) is 0 Å². The first-order valence-electron chi connectivity index (χ1n) is 21.2. The molecule has 7 aromatic rings. The topological polar surface area (TPSA) is 0 Å². The predicted octanol–water partition coefficient (Wildman–Crippen LogP) is 10.2. The number of hydrogen-bond acceptors (Lipinski definition) is 0. The van der Waals surface area contributed by atoms with Crippen molar-refractivity contribution in [1.29, 1.82) is 0 Å². The first kappa shape index (κ1) is 49.7. The van der Waals surface area contributed by atoms with Crippen molar-refractivity contribution in [2.24, 2.45) is 5.41 Å². The second-order valence-corrected chi connectivity index (χ2v) is 20.6. The van der Waals surface area contributed by atoms with E-state index < -0.39 is 0 Å². The molecule has 0 atom stereocenters. The van der Waals surface area contributed by atoms with E-state index in [0.717, 1.165) is 6.42 Å². The van der Waals surface area contributed by atoms with Crippen LogP contribution in [0.25, 0.3) is 43.8 Å². The van der Waals surface area contributed by atoms with Crippen LogP contribution in [-0.4, -0.2) is 3.21 Å². The van der Waals surface area contributed by atoms with Gasteiger partial charge in [-0.25, -0.2) is 11.1 Å². The molecule has 0 fully saturated rings. The van der Waals surface area contributed by atoms with Crippen molar-refractivity contribution in [2.45, 2.75) is 100 Å². The zero-order valence-corrected chi connectivity index (χ0v) is 42.3. The summed E-state index contributed by atoms with van der Waals surface area (Å²) in [6.07, 6.45) is 6.62. The molecule has 0 nitrogen and oxygen atoms in total. The average Bonchev–Trinajstić information content (AvgIpc) is 3.80. The number of rotatable bonds is 4.